The van der Waals surface area contributed by atoms with Crippen LogP contribution in [0.5, 0.6) is 0 Å². The molecule has 0 amide bonds. The number of nitrogens with two attached hydrogens (primary N) is 1. The van der Waals surface area contributed by atoms with E-state index >= 15 is 0 Å². The second kappa shape index (κ2) is 7.28. The lowest BCUT2D eigenvalue weighted by molar-refractivity contribution is 0.0981. The lowest BCUT2D eigenvalue weighted by atomic mass is 9.87. The third kappa shape index (κ3) is 3.64. The molecule has 1 aliphatic rings. The third-order valence-corrected chi connectivity index (χ3v) is 5.16. The Hall–Kier alpha value is -0.800. The van der Waals surface area contributed by atoms with Crippen LogP contribution in [0.4, 0.5) is 0 Å². The number of hydrogen-bond acceptors (Lipinski definition) is 3. The summed E-state index contributed by atoms with van der Waals surface area (Å²) in [5.41, 5.74) is 7.62. The Kier molecular flexibility index (Phi) is 5.67. The summed E-state index contributed by atoms with van der Waals surface area (Å²) in [4.78, 5) is 2.46. The van der Waals surface area contributed by atoms with E-state index in [9.17, 15) is 0 Å². The molecule has 1 saturated carbocycles. The van der Waals surface area contributed by atoms with Gasteiger partial charge in [0.2, 0.25) is 0 Å². The van der Waals surface area contributed by atoms with Crippen LogP contribution in [0.2, 0.25) is 0 Å². The van der Waals surface area contributed by atoms with Crippen molar-refractivity contribution < 1.29 is 4.42 Å². The maximum absolute atomic E-state index is 6.19. The predicted octanol–water partition coefficient (Wildman–Crippen LogP) is 3.79. The highest BCUT2D eigenvalue weighted by molar-refractivity contribution is 5.06. The SMILES string of the molecule is CCCC1CCCC(CN)(N(C)Cc2ccoc2)CC1. The lowest BCUT2D eigenvalue weighted by Gasteiger charge is -2.41. The Morgan fingerprint density at radius 2 is 2.25 bits per heavy atom. The van der Waals surface area contributed by atoms with E-state index in [0.717, 1.165) is 19.0 Å². The number of hydrogen-bond donors (Lipinski definition) is 1. The first kappa shape index (κ1) is 15.6. The normalized spacial score (nSPS) is 27.7. The Balaban J connectivity index is 2.00. The van der Waals surface area contributed by atoms with E-state index in [1.165, 1.54) is 50.5 Å². The van der Waals surface area contributed by atoms with Crippen molar-refractivity contribution in [2.45, 2.75) is 64.0 Å². The summed E-state index contributed by atoms with van der Waals surface area (Å²) >= 11 is 0. The maximum Gasteiger partial charge on any atom is 0.0947 e. The molecule has 2 N–H and O–H groups in total. The summed E-state index contributed by atoms with van der Waals surface area (Å²) in [5.74, 6) is 0.913. The van der Waals surface area contributed by atoms with Gasteiger partial charge in [-0.25, -0.2) is 0 Å². The molecule has 2 rings (SSSR count). The van der Waals surface area contributed by atoms with Gasteiger partial charge in [0.1, 0.15) is 0 Å². The molecule has 1 aromatic heterocycles. The van der Waals surface area contributed by atoms with E-state index in [0.29, 0.717) is 0 Å². The molecule has 0 bridgehead atoms. The summed E-state index contributed by atoms with van der Waals surface area (Å²) in [6.45, 7) is 4.00. The molecule has 20 heavy (non-hydrogen) atoms. The highest BCUT2D eigenvalue weighted by Crippen LogP contribution is 2.36. The molecule has 1 heterocycles. The Labute approximate surface area is 123 Å². The van der Waals surface area contributed by atoms with E-state index < -0.39 is 0 Å². The first-order valence-corrected chi connectivity index (χ1v) is 8.12. The van der Waals surface area contributed by atoms with Gasteiger partial charge in [-0.3, -0.25) is 4.90 Å². The first-order valence-electron chi connectivity index (χ1n) is 8.12. The predicted molar refractivity (Wildman–Crippen MR) is 83.4 cm³/mol. The van der Waals surface area contributed by atoms with E-state index in [2.05, 4.69) is 24.9 Å². The average Bonchev–Trinajstić information content (AvgIpc) is 2.86. The fourth-order valence-electron chi connectivity index (χ4n) is 3.72. The molecule has 0 radical (unpaired) electrons. The summed E-state index contributed by atoms with van der Waals surface area (Å²) in [6.07, 6.45) is 12.8. The van der Waals surface area contributed by atoms with Crippen molar-refractivity contribution in [1.29, 1.82) is 0 Å². The summed E-state index contributed by atoms with van der Waals surface area (Å²) in [6, 6.07) is 2.05. The number of furan rings is 1. The van der Waals surface area contributed by atoms with Crippen LogP contribution >= 0.6 is 0 Å². The third-order valence-electron chi connectivity index (χ3n) is 5.16. The highest BCUT2D eigenvalue weighted by atomic mass is 16.3. The Morgan fingerprint density at radius 1 is 1.40 bits per heavy atom. The molecule has 0 aliphatic heterocycles. The van der Waals surface area contributed by atoms with E-state index in [-0.39, 0.29) is 5.54 Å². The van der Waals surface area contributed by atoms with Gasteiger partial charge < -0.3 is 10.2 Å². The zero-order valence-electron chi connectivity index (χ0n) is 13.1. The van der Waals surface area contributed by atoms with Crippen LogP contribution in [0.25, 0.3) is 0 Å². The van der Waals surface area contributed by atoms with Gasteiger partial charge in [-0.2, -0.15) is 0 Å². The Bertz CT molecular complexity index is 376. The van der Waals surface area contributed by atoms with Gasteiger partial charge in [-0.15, -0.1) is 0 Å². The molecule has 1 fully saturated rings. The Morgan fingerprint density at radius 3 is 2.90 bits per heavy atom. The lowest BCUT2D eigenvalue weighted by Crippen LogP contribution is -2.51. The molecule has 2 unspecified atom stereocenters. The fourth-order valence-corrected chi connectivity index (χ4v) is 3.72. The standard InChI is InChI=1S/C17H30N2O/c1-3-5-15-6-4-9-17(14-18,10-7-15)19(2)12-16-8-11-20-13-16/h8,11,13,15H,3-7,9-10,12,14,18H2,1-2H3. The van der Waals surface area contributed by atoms with E-state index in [4.69, 9.17) is 10.2 Å². The van der Waals surface area contributed by atoms with Gasteiger partial charge in [0.05, 0.1) is 12.5 Å². The van der Waals surface area contributed by atoms with Crippen LogP contribution < -0.4 is 5.73 Å². The molecule has 3 nitrogen and oxygen atoms in total. The molecule has 0 aromatic carbocycles. The van der Waals surface area contributed by atoms with Crippen LogP contribution in [0.1, 0.15) is 57.4 Å². The van der Waals surface area contributed by atoms with Gasteiger partial charge in [-0.1, -0.05) is 32.6 Å². The van der Waals surface area contributed by atoms with Gasteiger partial charge in [0, 0.05) is 24.2 Å². The minimum Gasteiger partial charge on any atom is -0.472 e. The van der Waals surface area contributed by atoms with Crippen LogP contribution in [-0.4, -0.2) is 24.0 Å². The minimum atomic E-state index is 0.180. The second-order valence-corrected chi connectivity index (χ2v) is 6.50. The second-order valence-electron chi connectivity index (χ2n) is 6.50. The van der Waals surface area contributed by atoms with Gasteiger partial charge in [0.15, 0.2) is 0 Å². The van der Waals surface area contributed by atoms with Crippen molar-refractivity contribution in [3.63, 3.8) is 0 Å². The zero-order chi connectivity index (χ0) is 14.4. The topological polar surface area (TPSA) is 42.4 Å². The van der Waals surface area contributed by atoms with Crippen LogP contribution in [0.3, 0.4) is 0 Å². The van der Waals surface area contributed by atoms with Crippen molar-refractivity contribution in [2.24, 2.45) is 11.7 Å². The molecule has 2 atom stereocenters. The van der Waals surface area contributed by atoms with Crippen molar-refractivity contribution in [3.05, 3.63) is 24.2 Å². The quantitative estimate of drug-likeness (QED) is 0.805. The summed E-state index contributed by atoms with van der Waals surface area (Å²) < 4.78 is 5.19. The summed E-state index contributed by atoms with van der Waals surface area (Å²) in [5, 5.41) is 0. The summed E-state index contributed by atoms with van der Waals surface area (Å²) in [7, 11) is 2.22. The van der Waals surface area contributed by atoms with Gasteiger partial charge in [0.25, 0.3) is 0 Å². The van der Waals surface area contributed by atoms with Crippen molar-refractivity contribution in [3.8, 4) is 0 Å². The molecule has 114 valence electrons. The number of likely N-dealkylation sites (N-methyl/N-ethyl adjacent to an activating group) is 1. The number of rotatable bonds is 6. The monoisotopic (exact) mass is 278 g/mol. The van der Waals surface area contributed by atoms with E-state index in [1.54, 1.807) is 6.26 Å². The van der Waals surface area contributed by atoms with Gasteiger partial charge >= 0.3 is 0 Å². The average molecular weight is 278 g/mol. The van der Waals surface area contributed by atoms with Crippen LogP contribution in [0.15, 0.2) is 23.0 Å². The van der Waals surface area contributed by atoms with E-state index in [1.807, 2.05) is 6.26 Å². The molecular formula is C17H30N2O. The fraction of sp³-hybridized carbons (Fsp3) is 0.765. The van der Waals surface area contributed by atoms with Crippen LogP contribution in [0, 0.1) is 5.92 Å². The van der Waals surface area contributed by atoms with Crippen LogP contribution in [-0.2, 0) is 6.54 Å². The van der Waals surface area contributed by atoms with Gasteiger partial charge in [-0.05, 0) is 38.3 Å². The van der Waals surface area contributed by atoms with Crippen molar-refractivity contribution in [1.82, 2.24) is 4.90 Å². The maximum atomic E-state index is 6.19. The first-order chi connectivity index (χ1) is 9.70. The molecule has 3 heteroatoms. The smallest absolute Gasteiger partial charge is 0.0947 e. The highest BCUT2D eigenvalue weighted by Gasteiger charge is 2.35. The zero-order valence-corrected chi connectivity index (χ0v) is 13.1. The molecule has 1 aromatic rings. The molecule has 0 spiro atoms. The molecule has 1 aliphatic carbocycles. The minimum absolute atomic E-state index is 0.180. The van der Waals surface area contributed by atoms with Crippen molar-refractivity contribution >= 4 is 0 Å². The molecular weight excluding hydrogens is 248 g/mol. The largest absolute Gasteiger partial charge is 0.472 e. The van der Waals surface area contributed by atoms with Crippen molar-refractivity contribution in [2.75, 3.05) is 13.6 Å². The number of nitrogens with zero attached hydrogens (tertiary/aromatic N) is 1. The molecule has 0 saturated heterocycles.